The Balaban J connectivity index is 1.93. The van der Waals surface area contributed by atoms with Gasteiger partial charge in [0.1, 0.15) is 0 Å². The zero-order chi connectivity index (χ0) is 12.1. The molecule has 2 atom stereocenters. The average molecular weight is 245 g/mol. The molecule has 0 aliphatic heterocycles. The first-order valence-corrected chi connectivity index (χ1v) is 7.42. The first kappa shape index (κ1) is 12.5. The van der Waals surface area contributed by atoms with Gasteiger partial charge in [-0.2, -0.15) is 17.0 Å². The molecule has 0 amide bonds. The van der Waals surface area contributed by atoms with Gasteiger partial charge in [0.15, 0.2) is 0 Å². The smallest absolute Gasteiger partial charge is 0.0667 e. The van der Waals surface area contributed by atoms with Crippen molar-refractivity contribution >= 4 is 11.8 Å². The fraction of sp³-hybridized carbons (Fsp3) is 0.533. The van der Waals surface area contributed by atoms with Crippen molar-refractivity contribution in [3.05, 3.63) is 35.4 Å². The Bertz CT molecular complexity index is 408. The van der Waals surface area contributed by atoms with Crippen LogP contribution < -0.4 is 0 Å². The van der Waals surface area contributed by atoms with Gasteiger partial charge >= 0.3 is 0 Å². The lowest BCUT2D eigenvalue weighted by Crippen LogP contribution is -2.20. The number of hydrogen-bond acceptors (Lipinski definition) is 2. The maximum Gasteiger partial charge on any atom is 0.0667 e. The lowest BCUT2D eigenvalue weighted by Gasteiger charge is -2.26. The molecule has 1 fully saturated rings. The van der Waals surface area contributed by atoms with Crippen LogP contribution in [-0.4, -0.2) is 5.25 Å². The summed E-state index contributed by atoms with van der Waals surface area (Å²) in [6.45, 7) is 2.17. The molecular formula is C15H19NS. The normalized spacial score (nSPS) is 24.2. The third-order valence-corrected chi connectivity index (χ3v) is 5.05. The van der Waals surface area contributed by atoms with Crippen molar-refractivity contribution in [3.63, 3.8) is 0 Å². The number of rotatable bonds is 3. The van der Waals surface area contributed by atoms with E-state index in [0.717, 1.165) is 12.2 Å². The highest BCUT2D eigenvalue weighted by atomic mass is 32.2. The number of benzene rings is 1. The molecule has 2 unspecified atom stereocenters. The zero-order valence-electron chi connectivity index (χ0n) is 10.4. The molecule has 90 valence electrons. The minimum absolute atomic E-state index is 0.276. The van der Waals surface area contributed by atoms with Crippen molar-refractivity contribution in [2.24, 2.45) is 5.92 Å². The summed E-state index contributed by atoms with van der Waals surface area (Å²) in [5.41, 5.74) is 2.78. The quantitative estimate of drug-likeness (QED) is 0.792. The third-order valence-electron chi connectivity index (χ3n) is 3.58. The Kier molecular flexibility index (Phi) is 4.50. The van der Waals surface area contributed by atoms with Gasteiger partial charge in [0.05, 0.1) is 12.0 Å². The van der Waals surface area contributed by atoms with Crippen LogP contribution in [-0.2, 0) is 5.75 Å². The molecule has 0 spiro atoms. The Morgan fingerprint density at radius 3 is 2.82 bits per heavy atom. The standard InChI is InChI=1S/C15H19NS/c1-12-6-2-3-8-14(12)11-17-15-9-5-4-7-13(15)10-16/h2-3,6,8,13,15H,4-5,7,9,11H2,1H3. The van der Waals surface area contributed by atoms with Gasteiger partial charge in [-0.1, -0.05) is 37.1 Å². The summed E-state index contributed by atoms with van der Waals surface area (Å²) in [5, 5.41) is 9.70. The van der Waals surface area contributed by atoms with Crippen molar-refractivity contribution in [2.75, 3.05) is 0 Å². The van der Waals surface area contributed by atoms with Gasteiger partial charge in [-0.3, -0.25) is 0 Å². The molecule has 0 bridgehead atoms. The molecule has 1 aliphatic carbocycles. The second kappa shape index (κ2) is 6.12. The molecule has 2 rings (SSSR count). The topological polar surface area (TPSA) is 23.8 Å². The number of nitrogens with zero attached hydrogens (tertiary/aromatic N) is 1. The molecular weight excluding hydrogens is 226 g/mol. The van der Waals surface area contributed by atoms with E-state index in [1.54, 1.807) is 0 Å². The highest BCUT2D eigenvalue weighted by Gasteiger charge is 2.25. The molecule has 0 aromatic heterocycles. The Morgan fingerprint density at radius 2 is 2.06 bits per heavy atom. The van der Waals surface area contributed by atoms with Gasteiger partial charge in [0, 0.05) is 11.0 Å². The van der Waals surface area contributed by atoms with E-state index in [4.69, 9.17) is 5.26 Å². The Labute approximate surface area is 108 Å². The number of thioether (sulfide) groups is 1. The minimum atomic E-state index is 0.276. The first-order valence-electron chi connectivity index (χ1n) is 6.37. The molecule has 1 aromatic rings. The van der Waals surface area contributed by atoms with Crippen LogP contribution in [0.15, 0.2) is 24.3 Å². The number of nitriles is 1. The van der Waals surface area contributed by atoms with Gasteiger partial charge in [0.2, 0.25) is 0 Å². The second-order valence-corrected chi connectivity index (χ2v) is 6.02. The van der Waals surface area contributed by atoms with Crippen molar-refractivity contribution in [1.29, 1.82) is 5.26 Å². The van der Waals surface area contributed by atoms with Crippen LogP contribution in [0.2, 0.25) is 0 Å². The largest absolute Gasteiger partial charge is 0.198 e. The highest BCUT2D eigenvalue weighted by molar-refractivity contribution is 7.99. The summed E-state index contributed by atoms with van der Waals surface area (Å²) in [6, 6.07) is 11.0. The molecule has 0 radical (unpaired) electrons. The van der Waals surface area contributed by atoms with Crippen LogP contribution in [0.4, 0.5) is 0 Å². The SMILES string of the molecule is Cc1ccccc1CSC1CCCCC1C#N. The van der Waals surface area contributed by atoms with Crippen LogP contribution in [0, 0.1) is 24.2 Å². The van der Waals surface area contributed by atoms with Gasteiger partial charge in [-0.15, -0.1) is 0 Å². The van der Waals surface area contributed by atoms with E-state index in [-0.39, 0.29) is 5.92 Å². The van der Waals surface area contributed by atoms with Crippen molar-refractivity contribution in [2.45, 2.75) is 43.6 Å². The summed E-state index contributed by atoms with van der Waals surface area (Å²) < 4.78 is 0. The lowest BCUT2D eigenvalue weighted by atomic mass is 9.90. The molecule has 1 aliphatic rings. The molecule has 0 N–H and O–H groups in total. The average Bonchev–Trinajstić information content (AvgIpc) is 2.38. The van der Waals surface area contributed by atoms with Gasteiger partial charge in [-0.05, 0) is 30.9 Å². The lowest BCUT2D eigenvalue weighted by molar-refractivity contribution is 0.439. The highest BCUT2D eigenvalue weighted by Crippen LogP contribution is 2.35. The molecule has 0 heterocycles. The monoisotopic (exact) mass is 245 g/mol. The van der Waals surface area contributed by atoms with Crippen molar-refractivity contribution in [1.82, 2.24) is 0 Å². The summed E-state index contributed by atoms with van der Waals surface area (Å²) in [4.78, 5) is 0. The molecule has 0 saturated heterocycles. The third kappa shape index (κ3) is 3.26. The Hall–Kier alpha value is -0.940. The van der Waals surface area contributed by atoms with Crippen molar-refractivity contribution in [3.8, 4) is 6.07 Å². The molecule has 1 nitrogen and oxygen atoms in total. The van der Waals surface area contributed by atoms with E-state index in [0.29, 0.717) is 5.25 Å². The summed E-state index contributed by atoms with van der Waals surface area (Å²) in [5.74, 6) is 1.33. The molecule has 1 aromatic carbocycles. The van der Waals surface area contributed by atoms with Crippen LogP contribution in [0.5, 0.6) is 0 Å². The van der Waals surface area contributed by atoms with E-state index in [1.807, 2.05) is 11.8 Å². The van der Waals surface area contributed by atoms with E-state index in [1.165, 1.54) is 30.4 Å². The molecule has 2 heteroatoms. The fourth-order valence-corrected chi connectivity index (χ4v) is 3.89. The van der Waals surface area contributed by atoms with Crippen LogP contribution in [0.25, 0.3) is 0 Å². The van der Waals surface area contributed by atoms with E-state index >= 15 is 0 Å². The van der Waals surface area contributed by atoms with E-state index in [2.05, 4.69) is 37.3 Å². The van der Waals surface area contributed by atoms with Crippen LogP contribution in [0.1, 0.15) is 36.8 Å². The number of hydrogen-bond donors (Lipinski definition) is 0. The number of aryl methyl sites for hydroxylation is 1. The Morgan fingerprint density at radius 1 is 1.29 bits per heavy atom. The molecule has 17 heavy (non-hydrogen) atoms. The predicted octanol–water partition coefficient (Wildman–Crippen LogP) is 4.31. The van der Waals surface area contributed by atoms with E-state index < -0.39 is 0 Å². The van der Waals surface area contributed by atoms with Gasteiger partial charge < -0.3 is 0 Å². The summed E-state index contributed by atoms with van der Waals surface area (Å²) in [7, 11) is 0. The first-order chi connectivity index (χ1) is 8.31. The van der Waals surface area contributed by atoms with Crippen LogP contribution in [0.3, 0.4) is 0 Å². The maximum atomic E-state index is 9.15. The van der Waals surface area contributed by atoms with E-state index in [9.17, 15) is 0 Å². The second-order valence-electron chi connectivity index (χ2n) is 4.80. The summed E-state index contributed by atoms with van der Waals surface area (Å²) >= 11 is 1.97. The molecule has 1 saturated carbocycles. The van der Waals surface area contributed by atoms with Crippen molar-refractivity contribution < 1.29 is 0 Å². The fourth-order valence-electron chi connectivity index (χ4n) is 2.41. The minimum Gasteiger partial charge on any atom is -0.198 e. The predicted molar refractivity (Wildman–Crippen MR) is 73.8 cm³/mol. The maximum absolute atomic E-state index is 9.15. The van der Waals surface area contributed by atoms with Crippen LogP contribution >= 0.6 is 11.8 Å². The zero-order valence-corrected chi connectivity index (χ0v) is 11.2. The van der Waals surface area contributed by atoms with Gasteiger partial charge in [-0.25, -0.2) is 0 Å². The summed E-state index contributed by atoms with van der Waals surface area (Å²) in [6.07, 6.45) is 4.85. The van der Waals surface area contributed by atoms with Gasteiger partial charge in [0.25, 0.3) is 0 Å².